The molecule has 5 nitrogen and oxygen atoms in total. The molecule has 0 heterocycles. The third kappa shape index (κ3) is 5.02. The van der Waals surface area contributed by atoms with E-state index in [-0.39, 0.29) is 12.5 Å². The number of methoxy groups -OCH3 is 1. The van der Waals surface area contributed by atoms with Gasteiger partial charge in [-0.15, -0.1) is 0 Å². The maximum atomic E-state index is 12.0. The minimum absolute atomic E-state index is 0.0369. The molecule has 1 rings (SSSR count). The Morgan fingerprint density at radius 1 is 1.47 bits per heavy atom. The Hall–Kier alpha value is -0.650. The number of carbonyl (C=O) groups excluding carboxylic acids is 1. The molecule has 0 aromatic carbocycles. The summed E-state index contributed by atoms with van der Waals surface area (Å²) in [5.41, 5.74) is 5.32. The number of ether oxygens (including phenoxy) is 2. The lowest BCUT2D eigenvalue weighted by Crippen LogP contribution is -2.44. The Morgan fingerprint density at radius 3 is 2.71 bits per heavy atom. The number of nitrogens with two attached hydrogens (primary N) is 1. The van der Waals surface area contributed by atoms with Crippen LogP contribution in [0.4, 0.5) is 0 Å². The molecular weight excluding hydrogens is 220 g/mol. The van der Waals surface area contributed by atoms with Crippen LogP contribution < -0.4 is 5.73 Å². The van der Waals surface area contributed by atoms with Crippen molar-refractivity contribution in [3.05, 3.63) is 0 Å². The predicted molar refractivity (Wildman–Crippen MR) is 65.6 cm³/mol. The zero-order chi connectivity index (χ0) is 12.7. The lowest BCUT2D eigenvalue weighted by molar-refractivity contribution is -0.139. The van der Waals surface area contributed by atoms with Crippen LogP contribution in [0.5, 0.6) is 0 Å². The summed E-state index contributed by atoms with van der Waals surface area (Å²) >= 11 is 0. The van der Waals surface area contributed by atoms with Gasteiger partial charge in [0.1, 0.15) is 6.61 Å². The van der Waals surface area contributed by atoms with E-state index < -0.39 is 0 Å². The second-order valence-corrected chi connectivity index (χ2v) is 4.50. The summed E-state index contributed by atoms with van der Waals surface area (Å²) in [6.45, 7) is 4.32. The van der Waals surface area contributed by atoms with E-state index in [4.69, 9.17) is 15.2 Å². The Kier molecular flexibility index (Phi) is 6.47. The summed E-state index contributed by atoms with van der Waals surface area (Å²) < 4.78 is 10.2. The third-order valence-corrected chi connectivity index (χ3v) is 3.14. The number of rotatable bonds is 9. The van der Waals surface area contributed by atoms with Gasteiger partial charge in [-0.1, -0.05) is 0 Å². The Balaban J connectivity index is 2.39. The normalized spacial score (nSPS) is 16.9. The van der Waals surface area contributed by atoms with Gasteiger partial charge in [-0.2, -0.15) is 0 Å². The van der Waals surface area contributed by atoms with Crippen molar-refractivity contribution in [2.45, 2.75) is 25.8 Å². The summed E-state index contributed by atoms with van der Waals surface area (Å²) in [5, 5.41) is 0. The highest BCUT2D eigenvalue weighted by molar-refractivity contribution is 5.77. The number of carbonyl (C=O) groups is 1. The molecule has 0 saturated heterocycles. The first-order valence-electron chi connectivity index (χ1n) is 6.27. The van der Waals surface area contributed by atoms with E-state index in [9.17, 15) is 4.79 Å². The molecule has 0 bridgehead atoms. The second kappa shape index (κ2) is 7.63. The van der Waals surface area contributed by atoms with Gasteiger partial charge in [0.2, 0.25) is 5.91 Å². The topological polar surface area (TPSA) is 64.8 Å². The Morgan fingerprint density at radius 2 is 2.18 bits per heavy atom. The van der Waals surface area contributed by atoms with Crippen molar-refractivity contribution in [1.29, 1.82) is 0 Å². The molecule has 1 fully saturated rings. The van der Waals surface area contributed by atoms with Crippen LogP contribution in [-0.2, 0) is 14.3 Å². The van der Waals surface area contributed by atoms with Crippen molar-refractivity contribution < 1.29 is 14.3 Å². The van der Waals surface area contributed by atoms with Crippen molar-refractivity contribution in [3.8, 4) is 0 Å². The molecule has 0 aromatic heterocycles. The van der Waals surface area contributed by atoms with Crippen molar-refractivity contribution in [1.82, 2.24) is 4.90 Å². The van der Waals surface area contributed by atoms with Gasteiger partial charge in [0, 0.05) is 26.2 Å². The average molecular weight is 244 g/mol. The van der Waals surface area contributed by atoms with Crippen LogP contribution >= 0.6 is 0 Å². The third-order valence-electron chi connectivity index (χ3n) is 3.14. The van der Waals surface area contributed by atoms with E-state index in [1.54, 1.807) is 7.11 Å². The Bertz CT molecular complexity index is 232. The first kappa shape index (κ1) is 14.4. The molecule has 0 aromatic rings. The monoisotopic (exact) mass is 244 g/mol. The number of hydrogen-bond donors (Lipinski definition) is 1. The van der Waals surface area contributed by atoms with Gasteiger partial charge in [0.15, 0.2) is 0 Å². The molecule has 1 atom stereocenters. The zero-order valence-corrected chi connectivity index (χ0v) is 10.9. The molecule has 2 N–H and O–H groups in total. The molecule has 1 unspecified atom stereocenters. The van der Waals surface area contributed by atoms with Crippen LogP contribution in [-0.4, -0.2) is 56.9 Å². The molecule has 1 saturated carbocycles. The molecule has 5 heteroatoms. The minimum atomic E-state index is 0.0369. The van der Waals surface area contributed by atoms with Gasteiger partial charge in [-0.3, -0.25) is 4.79 Å². The van der Waals surface area contributed by atoms with E-state index in [1.165, 1.54) is 12.8 Å². The van der Waals surface area contributed by atoms with Crippen molar-refractivity contribution in [2.24, 2.45) is 11.7 Å². The van der Waals surface area contributed by atoms with Gasteiger partial charge in [0.05, 0.1) is 13.2 Å². The van der Waals surface area contributed by atoms with Gasteiger partial charge in [0.25, 0.3) is 0 Å². The molecule has 1 amide bonds. The van der Waals surface area contributed by atoms with Crippen LogP contribution in [0.25, 0.3) is 0 Å². The van der Waals surface area contributed by atoms with Crippen LogP contribution in [0.3, 0.4) is 0 Å². The fraction of sp³-hybridized carbons (Fsp3) is 0.917. The van der Waals surface area contributed by atoms with Crippen LogP contribution in [0.15, 0.2) is 0 Å². The van der Waals surface area contributed by atoms with Gasteiger partial charge in [-0.05, 0) is 25.7 Å². The molecule has 100 valence electrons. The molecule has 0 radical (unpaired) electrons. The minimum Gasteiger partial charge on any atom is -0.383 e. The first-order chi connectivity index (χ1) is 8.20. The van der Waals surface area contributed by atoms with Gasteiger partial charge >= 0.3 is 0 Å². The molecule has 0 aliphatic heterocycles. The largest absolute Gasteiger partial charge is 0.383 e. The highest BCUT2D eigenvalue weighted by atomic mass is 16.5. The smallest absolute Gasteiger partial charge is 0.248 e. The summed E-state index contributed by atoms with van der Waals surface area (Å²) in [7, 11) is 1.65. The quantitative estimate of drug-likeness (QED) is 0.590. The van der Waals surface area contributed by atoms with E-state index in [2.05, 4.69) is 6.92 Å². The maximum absolute atomic E-state index is 12.0. The van der Waals surface area contributed by atoms with Crippen LogP contribution in [0.2, 0.25) is 0 Å². The summed E-state index contributed by atoms with van der Waals surface area (Å²) in [6, 6.07) is 0.291. The number of nitrogens with zero attached hydrogens (tertiary/aromatic N) is 1. The van der Waals surface area contributed by atoms with E-state index >= 15 is 0 Å². The molecule has 1 aliphatic rings. The first-order valence-corrected chi connectivity index (χ1v) is 6.27. The maximum Gasteiger partial charge on any atom is 0.248 e. The summed E-state index contributed by atoms with van der Waals surface area (Å²) in [6.07, 6.45) is 2.45. The fourth-order valence-electron chi connectivity index (χ4n) is 1.90. The van der Waals surface area contributed by atoms with E-state index in [1.807, 2.05) is 4.90 Å². The molecule has 0 spiro atoms. The lowest BCUT2D eigenvalue weighted by Gasteiger charge is -2.29. The predicted octanol–water partition coefficient (Wildman–Crippen LogP) is 0.235. The SMILES string of the molecule is COCCN(C(=O)COCCN)C(C)C1CC1. The lowest BCUT2D eigenvalue weighted by atomic mass is 10.2. The Labute approximate surface area is 103 Å². The average Bonchev–Trinajstić information content (AvgIpc) is 3.13. The molecular formula is C12H24N2O3. The van der Waals surface area contributed by atoms with E-state index in [0.29, 0.717) is 38.3 Å². The second-order valence-electron chi connectivity index (χ2n) is 4.50. The van der Waals surface area contributed by atoms with E-state index in [0.717, 1.165) is 0 Å². The summed E-state index contributed by atoms with van der Waals surface area (Å²) in [5.74, 6) is 0.695. The standard InChI is InChI=1S/C12H24N2O3/c1-10(11-3-4-11)14(6-8-16-2)12(15)9-17-7-5-13/h10-11H,3-9,13H2,1-2H3. The summed E-state index contributed by atoms with van der Waals surface area (Å²) in [4.78, 5) is 13.9. The number of amides is 1. The van der Waals surface area contributed by atoms with Crippen molar-refractivity contribution in [3.63, 3.8) is 0 Å². The highest BCUT2D eigenvalue weighted by Gasteiger charge is 2.33. The molecule has 17 heavy (non-hydrogen) atoms. The van der Waals surface area contributed by atoms with Crippen molar-refractivity contribution >= 4 is 5.91 Å². The highest BCUT2D eigenvalue weighted by Crippen LogP contribution is 2.35. The van der Waals surface area contributed by atoms with Gasteiger partial charge in [-0.25, -0.2) is 0 Å². The van der Waals surface area contributed by atoms with Crippen LogP contribution in [0.1, 0.15) is 19.8 Å². The fourth-order valence-corrected chi connectivity index (χ4v) is 1.90. The number of hydrogen-bond acceptors (Lipinski definition) is 4. The van der Waals surface area contributed by atoms with Crippen molar-refractivity contribution in [2.75, 3.05) is 40.0 Å². The molecule has 1 aliphatic carbocycles. The zero-order valence-electron chi connectivity index (χ0n) is 10.9. The van der Waals surface area contributed by atoms with Crippen LogP contribution in [0, 0.1) is 5.92 Å². The van der Waals surface area contributed by atoms with Gasteiger partial charge < -0.3 is 20.1 Å².